The van der Waals surface area contributed by atoms with Crippen LogP contribution in [0.25, 0.3) is 0 Å². The maximum Gasteiger partial charge on any atom is 0.0403 e. The lowest BCUT2D eigenvalue weighted by Gasteiger charge is -2.10. The van der Waals surface area contributed by atoms with Gasteiger partial charge in [0.2, 0.25) is 0 Å². The SMILES string of the molecule is CCCc1ccc(C2CCCN2)cn1. The molecule has 2 rings (SSSR count). The molecule has 2 heterocycles. The largest absolute Gasteiger partial charge is 0.310 e. The molecule has 1 fully saturated rings. The minimum atomic E-state index is 0.554. The fraction of sp³-hybridized carbons (Fsp3) is 0.583. The van der Waals surface area contributed by atoms with Gasteiger partial charge in [-0.2, -0.15) is 0 Å². The van der Waals surface area contributed by atoms with Gasteiger partial charge in [0.15, 0.2) is 0 Å². The van der Waals surface area contributed by atoms with Crippen molar-refractivity contribution in [1.82, 2.24) is 10.3 Å². The highest BCUT2D eigenvalue weighted by molar-refractivity contribution is 5.18. The summed E-state index contributed by atoms with van der Waals surface area (Å²) in [5.41, 5.74) is 2.57. The van der Waals surface area contributed by atoms with Crippen molar-refractivity contribution in [1.29, 1.82) is 0 Å². The van der Waals surface area contributed by atoms with Gasteiger partial charge < -0.3 is 5.32 Å². The van der Waals surface area contributed by atoms with Gasteiger partial charge in [-0.05, 0) is 37.4 Å². The Balaban J connectivity index is 2.05. The third kappa shape index (κ3) is 2.13. The minimum absolute atomic E-state index is 0.554. The van der Waals surface area contributed by atoms with Gasteiger partial charge in [-0.1, -0.05) is 19.4 Å². The zero-order valence-electron chi connectivity index (χ0n) is 8.79. The normalized spacial score (nSPS) is 21.4. The molecule has 0 spiro atoms. The van der Waals surface area contributed by atoms with Crippen LogP contribution >= 0.6 is 0 Å². The predicted octanol–water partition coefficient (Wildman–Crippen LogP) is 2.46. The molecule has 1 aliphatic heterocycles. The topological polar surface area (TPSA) is 24.9 Å². The molecule has 0 amide bonds. The fourth-order valence-corrected chi connectivity index (χ4v) is 2.02. The fourth-order valence-electron chi connectivity index (χ4n) is 2.02. The smallest absolute Gasteiger partial charge is 0.0403 e. The molecule has 0 radical (unpaired) electrons. The average Bonchev–Trinajstić information content (AvgIpc) is 2.72. The first-order valence-corrected chi connectivity index (χ1v) is 5.58. The van der Waals surface area contributed by atoms with Crippen molar-refractivity contribution in [3.63, 3.8) is 0 Å². The van der Waals surface area contributed by atoms with Crippen LogP contribution in [0.5, 0.6) is 0 Å². The maximum atomic E-state index is 4.47. The Morgan fingerprint density at radius 2 is 2.43 bits per heavy atom. The van der Waals surface area contributed by atoms with Crippen LogP contribution in [0.2, 0.25) is 0 Å². The van der Waals surface area contributed by atoms with Crippen molar-refractivity contribution in [3.8, 4) is 0 Å². The molecule has 1 N–H and O–H groups in total. The monoisotopic (exact) mass is 190 g/mol. The molecule has 0 bridgehead atoms. The highest BCUT2D eigenvalue weighted by atomic mass is 14.9. The molecule has 1 atom stereocenters. The second kappa shape index (κ2) is 4.56. The quantitative estimate of drug-likeness (QED) is 0.792. The summed E-state index contributed by atoms with van der Waals surface area (Å²) in [4.78, 5) is 4.47. The first-order chi connectivity index (χ1) is 6.90. The summed E-state index contributed by atoms with van der Waals surface area (Å²) < 4.78 is 0. The Hall–Kier alpha value is -0.890. The Kier molecular flexibility index (Phi) is 3.14. The van der Waals surface area contributed by atoms with Gasteiger partial charge >= 0.3 is 0 Å². The molecule has 0 aliphatic carbocycles. The molecule has 1 saturated heterocycles. The molecule has 1 aromatic rings. The summed E-state index contributed by atoms with van der Waals surface area (Å²) in [6.07, 6.45) is 6.86. The average molecular weight is 190 g/mol. The molecule has 76 valence electrons. The highest BCUT2D eigenvalue weighted by Crippen LogP contribution is 2.22. The van der Waals surface area contributed by atoms with Crippen molar-refractivity contribution >= 4 is 0 Å². The zero-order valence-corrected chi connectivity index (χ0v) is 8.79. The van der Waals surface area contributed by atoms with E-state index in [-0.39, 0.29) is 0 Å². The molecule has 1 aliphatic rings. The van der Waals surface area contributed by atoms with Gasteiger partial charge in [-0.25, -0.2) is 0 Å². The lowest BCUT2D eigenvalue weighted by Crippen LogP contribution is -2.13. The third-order valence-corrected chi connectivity index (χ3v) is 2.82. The standard InChI is InChI=1S/C12H18N2/c1-2-4-11-7-6-10(9-14-11)12-5-3-8-13-12/h6-7,9,12-13H,2-5,8H2,1H3. The van der Waals surface area contributed by atoms with E-state index in [4.69, 9.17) is 0 Å². The van der Waals surface area contributed by atoms with E-state index in [1.54, 1.807) is 0 Å². The number of hydrogen-bond acceptors (Lipinski definition) is 2. The number of rotatable bonds is 3. The van der Waals surface area contributed by atoms with Crippen LogP contribution in [0.15, 0.2) is 18.3 Å². The van der Waals surface area contributed by atoms with Gasteiger partial charge in [0.05, 0.1) is 0 Å². The number of aromatic nitrogens is 1. The number of aryl methyl sites for hydroxylation is 1. The molecule has 1 unspecified atom stereocenters. The number of nitrogens with one attached hydrogen (secondary N) is 1. The van der Waals surface area contributed by atoms with Gasteiger partial charge in [-0.3, -0.25) is 4.98 Å². The summed E-state index contributed by atoms with van der Waals surface area (Å²) in [5.74, 6) is 0. The van der Waals surface area contributed by atoms with Crippen LogP contribution in [0.4, 0.5) is 0 Å². The van der Waals surface area contributed by atoms with Crippen LogP contribution in [0.1, 0.15) is 43.5 Å². The summed E-state index contributed by atoms with van der Waals surface area (Å²) in [6, 6.07) is 4.94. The highest BCUT2D eigenvalue weighted by Gasteiger charge is 2.15. The van der Waals surface area contributed by atoms with Crippen molar-refractivity contribution in [3.05, 3.63) is 29.6 Å². The summed E-state index contributed by atoms with van der Waals surface area (Å²) >= 11 is 0. The zero-order chi connectivity index (χ0) is 9.80. The van der Waals surface area contributed by atoms with Crippen LogP contribution in [-0.2, 0) is 6.42 Å². The maximum absolute atomic E-state index is 4.47. The van der Waals surface area contributed by atoms with E-state index in [0.29, 0.717) is 6.04 Å². The lowest BCUT2D eigenvalue weighted by atomic mass is 10.1. The summed E-state index contributed by atoms with van der Waals surface area (Å²) in [5, 5.41) is 3.48. The Labute approximate surface area is 85.7 Å². The molecular weight excluding hydrogens is 172 g/mol. The van der Waals surface area contributed by atoms with Gasteiger partial charge in [-0.15, -0.1) is 0 Å². The summed E-state index contributed by atoms with van der Waals surface area (Å²) in [6.45, 7) is 3.34. The Bertz CT molecular complexity index is 273. The van der Waals surface area contributed by atoms with Crippen molar-refractivity contribution in [2.75, 3.05) is 6.54 Å². The molecule has 2 nitrogen and oxygen atoms in total. The van der Waals surface area contributed by atoms with Crippen molar-refractivity contribution in [2.45, 2.75) is 38.6 Å². The van der Waals surface area contributed by atoms with Crippen LogP contribution in [-0.4, -0.2) is 11.5 Å². The van der Waals surface area contributed by atoms with E-state index in [1.165, 1.54) is 30.5 Å². The molecule has 2 heteroatoms. The van der Waals surface area contributed by atoms with E-state index in [2.05, 4.69) is 29.4 Å². The third-order valence-electron chi connectivity index (χ3n) is 2.82. The van der Waals surface area contributed by atoms with Gasteiger partial charge in [0, 0.05) is 17.9 Å². The van der Waals surface area contributed by atoms with Crippen LogP contribution < -0.4 is 5.32 Å². The van der Waals surface area contributed by atoms with Gasteiger partial charge in [0.25, 0.3) is 0 Å². The second-order valence-corrected chi connectivity index (χ2v) is 3.98. The van der Waals surface area contributed by atoms with Crippen molar-refractivity contribution in [2.24, 2.45) is 0 Å². The molecule has 0 aromatic carbocycles. The lowest BCUT2D eigenvalue weighted by molar-refractivity contribution is 0.643. The van der Waals surface area contributed by atoms with E-state index in [0.717, 1.165) is 13.0 Å². The van der Waals surface area contributed by atoms with E-state index in [1.807, 2.05) is 6.20 Å². The minimum Gasteiger partial charge on any atom is -0.310 e. The first-order valence-electron chi connectivity index (χ1n) is 5.58. The summed E-state index contributed by atoms with van der Waals surface area (Å²) in [7, 11) is 0. The van der Waals surface area contributed by atoms with Gasteiger partial charge in [0.1, 0.15) is 0 Å². The molecular formula is C12H18N2. The van der Waals surface area contributed by atoms with Crippen LogP contribution in [0.3, 0.4) is 0 Å². The van der Waals surface area contributed by atoms with E-state index >= 15 is 0 Å². The van der Waals surface area contributed by atoms with Crippen molar-refractivity contribution < 1.29 is 0 Å². The van der Waals surface area contributed by atoms with E-state index < -0.39 is 0 Å². The Morgan fingerprint density at radius 3 is 3.00 bits per heavy atom. The van der Waals surface area contributed by atoms with E-state index in [9.17, 15) is 0 Å². The number of nitrogens with zero attached hydrogens (tertiary/aromatic N) is 1. The molecule has 14 heavy (non-hydrogen) atoms. The number of pyridine rings is 1. The van der Waals surface area contributed by atoms with Crippen LogP contribution in [0, 0.1) is 0 Å². The first kappa shape index (κ1) is 9.66. The second-order valence-electron chi connectivity index (χ2n) is 3.98. The molecule has 0 saturated carbocycles. The number of hydrogen-bond donors (Lipinski definition) is 1. The predicted molar refractivity (Wildman–Crippen MR) is 58.2 cm³/mol. The Morgan fingerprint density at radius 1 is 1.50 bits per heavy atom. The molecule has 1 aromatic heterocycles.